The highest BCUT2D eigenvalue weighted by Crippen LogP contribution is 2.28. The van der Waals surface area contributed by atoms with E-state index < -0.39 is 27.6 Å². The van der Waals surface area contributed by atoms with Crippen LogP contribution in [0.4, 0.5) is 10.1 Å². The first-order chi connectivity index (χ1) is 17.1. The number of sulfone groups is 1. The highest BCUT2D eigenvalue weighted by Gasteiger charge is 2.34. The number of carbonyl (C=O) groups is 3. The maximum Gasteiger partial charge on any atom is 0.245 e. The lowest BCUT2D eigenvalue weighted by molar-refractivity contribution is -0.136. The van der Waals surface area contributed by atoms with Crippen LogP contribution in [0.5, 0.6) is 0 Å². The van der Waals surface area contributed by atoms with Gasteiger partial charge in [0.2, 0.25) is 17.7 Å². The van der Waals surface area contributed by atoms with Crippen molar-refractivity contribution in [2.45, 2.75) is 77.2 Å². The van der Waals surface area contributed by atoms with Crippen molar-refractivity contribution in [1.29, 1.82) is 0 Å². The van der Waals surface area contributed by atoms with Crippen LogP contribution in [-0.4, -0.2) is 61.7 Å². The molecule has 8 nitrogen and oxygen atoms in total. The molecule has 1 aliphatic carbocycles. The van der Waals surface area contributed by atoms with Crippen LogP contribution < -0.4 is 10.6 Å². The number of nitrogens with one attached hydrogen (secondary N) is 2. The molecule has 3 amide bonds. The molecular formula is C26H38FN3O5S. The highest BCUT2D eigenvalue weighted by atomic mass is 32.2. The van der Waals surface area contributed by atoms with Crippen LogP contribution in [0, 0.1) is 11.7 Å². The van der Waals surface area contributed by atoms with Crippen molar-refractivity contribution in [2.75, 3.05) is 29.9 Å². The Labute approximate surface area is 213 Å². The zero-order valence-corrected chi connectivity index (χ0v) is 22.0. The number of carbonyl (C=O) groups excluding carboxylic acids is 3. The van der Waals surface area contributed by atoms with Crippen molar-refractivity contribution < 1.29 is 27.2 Å². The lowest BCUT2D eigenvalue weighted by Gasteiger charge is -2.33. The third-order valence-corrected chi connectivity index (χ3v) is 8.91. The second-order valence-electron chi connectivity index (χ2n) is 10.0. The molecule has 1 aromatic rings. The van der Waals surface area contributed by atoms with Gasteiger partial charge in [0.25, 0.3) is 0 Å². The number of benzene rings is 1. The Kier molecular flexibility index (Phi) is 9.87. The van der Waals surface area contributed by atoms with Gasteiger partial charge in [0.1, 0.15) is 11.9 Å². The second kappa shape index (κ2) is 12.7. The Morgan fingerprint density at radius 2 is 1.69 bits per heavy atom. The molecule has 3 rings (SSSR count). The van der Waals surface area contributed by atoms with Gasteiger partial charge in [0.05, 0.1) is 17.2 Å². The van der Waals surface area contributed by atoms with Crippen LogP contribution in [0.25, 0.3) is 0 Å². The van der Waals surface area contributed by atoms with Gasteiger partial charge in [-0.1, -0.05) is 45.6 Å². The molecule has 0 unspecified atom stereocenters. The number of anilines is 1. The molecule has 2 atom stereocenters. The molecule has 0 aromatic heterocycles. The monoisotopic (exact) mass is 523 g/mol. The average Bonchev–Trinajstić information content (AvgIpc) is 3.11. The topological polar surface area (TPSA) is 113 Å². The molecule has 1 aromatic carbocycles. The van der Waals surface area contributed by atoms with E-state index in [9.17, 15) is 27.2 Å². The third-order valence-electron chi connectivity index (χ3n) is 7.30. The van der Waals surface area contributed by atoms with Crippen molar-refractivity contribution >= 4 is 33.2 Å². The molecule has 1 aliphatic heterocycles. The lowest BCUT2D eigenvalue weighted by atomic mass is 9.91. The summed E-state index contributed by atoms with van der Waals surface area (Å²) >= 11 is 0. The molecule has 0 spiro atoms. The minimum absolute atomic E-state index is 0.0622. The first-order valence-electron chi connectivity index (χ1n) is 13.0. The van der Waals surface area contributed by atoms with Gasteiger partial charge in [0.15, 0.2) is 9.84 Å². The molecular weight excluding hydrogens is 485 g/mol. The standard InChI is InChI=1S/C26H38FN3O5S/c1-3-23(31)29-25(26(33)30-12-14-36(34,35)15-13-30)18(2)20-10-11-22(21(27)17-20)28-24(32)16-19-8-6-4-5-7-9-19/h10-11,17-19,25H,3-9,12-16H2,1-2H3,(H,28,32)(H,29,31)/t18-,25+/m0/s1. The minimum atomic E-state index is -3.17. The van der Waals surface area contributed by atoms with Gasteiger partial charge in [-0.3, -0.25) is 14.4 Å². The van der Waals surface area contributed by atoms with Gasteiger partial charge in [-0.25, -0.2) is 12.8 Å². The fourth-order valence-electron chi connectivity index (χ4n) is 4.95. The van der Waals surface area contributed by atoms with E-state index in [-0.39, 0.29) is 54.4 Å². The Bertz CT molecular complexity index is 1040. The average molecular weight is 524 g/mol. The Morgan fingerprint density at radius 3 is 2.28 bits per heavy atom. The maximum absolute atomic E-state index is 15.0. The van der Waals surface area contributed by atoms with E-state index in [4.69, 9.17) is 0 Å². The minimum Gasteiger partial charge on any atom is -0.344 e. The van der Waals surface area contributed by atoms with Gasteiger partial charge in [0, 0.05) is 31.8 Å². The molecule has 2 N–H and O–H groups in total. The SMILES string of the molecule is CCC(=O)N[C@@H](C(=O)N1CCS(=O)(=O)CC1)[C@@H](C)c1ccc(NC(=O)CC2CCCCCC2)c(F)c1. The summed E-state index contributed by atoms with van der Waals surface area (Å²) < 4.78 is 38.5. The summed E-state index contributed by atoms with van der Waals surface area (Å²) in [5.41, 5.74) is 0.583. The molecule has 36 heavy (non-hydrogen) atoms. The van der Waals surface area contributed by atoms with E-state index in [1.165, 1.54) is 29.9 Å². The first kappa shape index (κ1) is 28.1. The normalized spacial score (nSPS) is 20.1. The Morgan fingerprint density at radius 1 is 1.06 bits per heavy atom. The van der Waals surface area contributed by atoms with Gasteiger partial charge in [-0.05, 0) is 36.5 Å². The number of halogens is 1. The molecule has 1 heterocycles. The molecule has 0 radical (unpaired) electrons. The Balaban J connectivity index is 1.70. The number of hydrogen-bond donors (Lipinski definition) is 2. The zero-order valence-electron chi connectivity index (χ0n) is 21.2. The van der Waals surface area contributed by atoms with E-state index >= 15 is 0 Å². The maximum atomic E-state index is 15.0. The van der Waals surface area contributed by atoms with Gasteiger partial charge < -0.3 is 15.5 Å². The van der Waals surface area contributed by atoms with Crippen molar-refractivity contribution in [3.8, 4) is 0 Å². The summed E-state index contributed by atoms with van der Waals surface area (Å²) in [6.45, 7) is 3.51. The molecule has 200 valence electrons. The summed E-state index contributed by atoms with van der Waals surface area (Å²) in [4.78, 5) is 39.4. The number of rotatable bonds is 8. The first-order valence-corrected chi connectivity index (χ1v) is 14.8. The van der Waals surface area contributed by atoms with Crippen LogP contribution >= 0.6 is 0 Å². The van der Waals surface area contributed by atoms with Gasteiger partial charge >= 0.3 is 0 Å². The fraction of sp³-hybridized carbons (Fsp3) is 0.654. The molecule has 0 bridgehead atoms. The number of amides is 3. The predicted molar refractivity (Wildman–Crippen MR) is 137 cm³/mol. The van der Waals surface area contributed by atoms with Gasteiger partial charge in [-0.15, -0.1) is 0 Å². The fourth-order valence-corrected chi connectivity index (χ4v) is 6.15. The summed E-state index contributed by atoms with van der Waals surface area (Å²) in [5, 5.41) is 5.41. The van der Waals surface area contributed by atoms with Crippen LogP contribution in [0.15, 0.2) is 18.2 Å². The zero-order chi connectivity index (χ0) is 26.3. The van der Waals surface area contributed by atoms with Gasteiger partial charge in [-0.2, -0.15) is 0 Å². The summed E-state index contributed by atoms with van der Waals surface area (Å²) in [6.07, 6.45) is 7.24. The lowest BCUT2D eigenvalue weighted by Crippen LogP contribution is -2.54. The largest absolute Gasteiger partial charge is 0.344 e. The van der Waals surface area contributed by atoms with Crippen LogP contribution in [-0.2, 0) is 24.2 Å². The van der Waals surface area contributed by atoms with Crippen molar-refractivity contribution in [1.82, 2.24) is 10.2 Å². The molecule has 1 saturated heterocycles. The predicted octanol–water partition coefficient (Wildman–Crippen LogP) is 3.38. The van der Waals surface area contributed by atoms with E-state index in [0.29, 0.717) is 17.9 Å². The summed E-state index contributed by atoms with van der Waals surface area (Å²) in [7, 11) is -3.17. The summed E-state index contributed by atoms with van der Waals surface area (Å²) in [6, 6.07) is 3.45. The van der Waals surface area contributed by atoms with Crippen LogP contribution in [0.2, 0.25) is 0 Å². The van der Waals surface area contributed by atoms with Crippen molar-refractivity contribution in [2.24, 2.45) is 5.92 Å². The van der Waals surface area contributed by atoms with Crippen LogP contribution in [0.3, 0.4) is 0 Å². The third kappa shape index (κ3) is 7.75. The molecule has 2 aliphatic rings. The van der Waals surface area contributed by atoms with E-state index in [0.717, 1.165) is 25.7 Å². The number of hydrogen-bond acceptors (Lipinski definition) is 5. The quantitative estimate of drug-likeness (QED) is 0.508. The molecule has 10 heteroatoms. The smallest absolute Gasteiger partial charge is 0.245 e. The molecule has 2 fully saturated rings. The molecule has 1 saturated carbocycles. The highest BCUT2D eigenvalue weighted by molar-refractivity contribution is 7.91. The summed E-state index contributed by atoms with van der Waals surface area (Å²) in [5.74, 6) is -2.01. The van der Waals surface area contributed by atoms with Crippen molar-refractivity contribution in [3.63, 3.8) is 0 Å². The van der Waals surface area contributed by atoms with Crippen LogP contribution in [0.1, 0.15) is 76.7 Å². The van der Waals surface area contributed by atoms with E-state index in [1.807, 2.05) is 0 Å². The second-order valence-corrected chi connectivity index (χ2v) is 12.3. The number of nitrogens with zero attached hydrogens (tertiary/aromatic N) is 1. The van der Waals surface area contributed by atoms with E-state index in [2.05, 4.69) is 10.6 Å². The Hall–Kier alpha value is -2.49. The van der Waals surface area contributed by atoms with Crippen molar-refractivity contribution in [3.05, 3.63) is 29.6 Å². The van der Waals surface area contributed by atoms with E-state index in [1.54, 1.807) is 19.9 Å².